The topological polar surface area (TPSA) is 48.5 Å². The lowest BCUT2D eigenvalue weighted by Gasteiger charge is -2.15. The van der Waals surface area contributed by atoms with Crippen LogP contribution in [0.3, 0.4) is 0 Å². The highest BCUT2D eigenvalue weighted by Crippen LogP contribution is 2.37. The predicted octanol–water partition coefficient (Wildman–Crippen LogP) is 12.7. The van der Waals surface area contributed by atoms with Gasteiger partial charge in [0.1, 0.15) is 0 Å². The number of rotatable bonds is 6. The normalized spacial score (nSPS) is 11.6. The van der Waals surface area contributed by atoms with Crippen LogP contribution in [-0.2, 0) is 0 Å². The summed E-state index contributed by atoms with van der Waals surface area (Å²) in [5.41, 5.74) is 11.9. The second-order valence-electron chi connectivity index (χ2n) is 14.1. The summed E-state index contributed by atoms with van der Waals surface area (Å²) in [4.78, 5) is 15.8. The first-order valence-electron chi connectivity index (χ1n) is 18.9. The van der Waals surface area contributed by atoms with Gasteiger partial charge in [-0.05, 0) is 58.7 Å². The third-order valence-electron chi connectivity index (χ3n) is 10.8. The van der Waals surface area contributed by atoms with Crippen LogP contribution in [-0.4, -0.2) is 24.1 Å². The molecule has 0 aliphatic carbocycles. The molecule has 0 spiro atoms. The van der Waals surface area contributed by atoms with Gasteiger partial charge in [-0.15, -0.1) is 0 Å². The van der Waals surface area contributed by atoms with E-state index in [1.807, 2.05) is 6.07 Å². The number of nitrogens with zero attached hydrogens (tertiary/aromatic N) is 5. The summed E-state index contributed by atoms with van der Waals surface area (Å²) < 4.78 is 4.51. The van der Waals surface area contributed by atoms with Gasteiger partial charge in [-0.3, -0.25) is 4.57 Å². The second-order valence-corrected chi connectivity index (χ2v) is 14.1. The molecule has 0 radical (unpaired) electrons. The van der Waals surface area contributed by atoms with E-state index in [2.05, 4.69) is 203 Å². The largest absolute Gasteiger partial charge is 0.309 e. The zero-order valence-corrected chi connectivity index (χ0v) is 30.3. The Labute approximate surface area is 323 Å². The van der Waals surface area contributed by atoms with E-state index in [1.165, 1.54) is 21.9 Å². The summed E-state index contributed by atoms with van der Waals surface area (Å²) in [5.74, 6) is 1.78. The van der Waals surface area contributed by atoms with Gasteiger partial charge in [0.05, 0.1) is 27.8 Å². The van der Waals surface area contributed by atoms with E-state index in [1.54, 1.807) is 0 Å². The highest BCUT2D eigenvalue weighted by atomic mass is 15.2. The van der Waals surface area contributed by atoms with Crippen molar-refractivity contribution in [2.24, 2.45) is 0 Å². The van der Waals surface area contributed by atoms with Gasteiger partial charge in [0.2, 0.25) is 5.95 Å². The maximum atomic E-state index is 5.33. The fourth-order valence-corrected chi connectivity index (χ4v) is 8.19. The molecule has 11 rings (SSSR count). The summed E-state index contributed by atoms with van der Waals surface area (Å²) in [6, 6.07) is 70.3. The average Bonchev–Trinajstić information content (AvgIpc) is 3.80. The fraction of sp³-hybridized carbons (Fsp3) is 0. The summed E-state index contributed by atoms with van der Waals surface area (Å²) in [6.07, 6.45) is 0. The number of para-hydroxylation sites is 5. The Hall–Kier alpha value is -7.63. The molecule has 3 heterocycles. The van der Waals surface area contributed by atoms with E-state index >= 15 is 0 Å². The number of fused-ring (bicyclic) bond motifs is 6. The standard InChI is InChI=1S/C51H33N5/c1-2-14-34(15-3-1)35-26-28-36(29-27-35)37-30-32-38(33-31-37)49-52-50(54-51(53-49)56-46-23-11-6-18-41(46)42-19-7-12-24-47(42)56)43-20-8-13-25-48(43)55-44-21-9-4-16-39(44)40-17-5-10-22-45(40)55/h1-33H. The van der Waals surface area contributed by atoms with Crippen LogP contribution in [0.25, 0.3) is 100 Å². The smallest absolute Gasteiger partial charge is 0.238 e. The van der Waals surface area contributed by atoms with Crippen molar-refractivity contribution >= 4 is 43.6 Å². The zero-order chi connectivity index (χ0) is 37.0. The minimum Gasteiger partial charge on any atom is -0.309 e. The van der Waals surface area contributed by atoms with Crippen molar-refractivity contribution in [3.05, 3.63) is 200 Å². The fourth-order valence-electron chi connectivity index (χ4n) is 8.19. The van der Waals surface area contributed by atoms with Crippen molar-refractivity contribution in [1.82, 2.24) is 24.1 Å². The van der Waals surface area contributed by atoms with E-state index in [-0.39, 0.29) is 0 Å². The first-order chi connectivity index (χ1) is 27.8. The quantitative estimate of drug-likeness (QED) is 0.172. The number of hydrogen-bond donors (Lipinski definition) is 0. The molecule has 0 atom stereocenters. The molecule has 0 N–H and O–H groups in total. The van der Waals surface area contributed by atoms with E-state index in [0.717, 1.165) is 60.8 Å². The summed E-state index contributed by atoms with van der Waals surface area (Å²) in [5, 5.41) is 4.71. The minimum absolute atomic E-state index is 0.569. The van der Waals surface area contributed by atoms with Gasteiger partial charge >= 0.3 is 0 Å². The molecule has 0 aliphatic rings. The molecule has 5 nitrogen and oxygen atoms in total. The van der Waals surface area contributed by atoms with Crippen molar-refractivity contribution in [1.29, 1.82) is 0 Å². The van der Waals surface area contributed by atoms with Gasteiger partial charge in [0, 0.05) is 32.7 Å². The summed E-state index contributed by atoms with van der Waals surface area (Å²) >= 11 is 0. The highest BCUT2D eigenvalue weighted by molar-refractivity contribution is 6.10. The third-order valence-corrected chi connectivity index (χ3v) is 10.8. The van der Waals surface area contributed by atoms with Crippen LogP contribution in [0.1, 0.15) is 0 Å². The predicted molar refractivity (Wildman–Crippen MR) is 230 cm³/mol. The molecule has 3 aromatic heterocycles. The van der Waals surface area contributed by atoms with Crippen molar-refractivity contribution in [2.45, 2.75) is 0 Å². The van der Waals surface area contributed by atoms with Crippen LogP contribution in [0.5, 0.6) is 0 Å². The summed E-state index contributed by atoms with van der Waals surface area (Å²) in [6.45, 7) is 0. The second kappa shape index (κ2) is 13.0. The van der Waals surface area contributed by atoms with Gasteiger partial charge in [-0.1, -0.05) is 164 Å². The Balaban J connectivity index is 1.10. The molecule has 5 heteroatoms. The maximum absolute atomic E-state index is 5.33. The number of benzene rings is 8. The van der Waals surface area contributed by atoms with Crippen molar-refractivity contribution in [3.63, 3.8) is 0 Å². The van der Waals surface area contributed by atoms with Crippen LogP contribution in [0.4, 0.5) is 0 Å². The molecular weight excluding hydrogens is 683 g/mol. The van der Waals surface area contributed by atoms with E-state index in [9.17, 15) is 0 Å². The average molecular weight is 716 g/mol. The van der Waals surface area contributed by atoms with Crippen molar-refractivity contribution < 1.29 is 0 Å². The van der Waals surface area contributed by atoms with Crippen LogP contribution in [0, 0.1) is 0 Å². The first-order valence-corrected chi connectivity index (χ1v) is 18.9. The Morgan fingerprint density at radius 3 is 1.16 bits per heavy atom. The number of aromatic nitrogens is 5. The molecule has 0 saturated heterocycles. The molecule has 0 bridgehead atoms. The lowest BCUT2D eigenvalue weighted by molar-refractivity contribution is 0.951. The molecule has 11 aromatic rings. The third kappa shape index (κ3) is 5.21. The van der Waals surface area contributed by atoms with Crippen LogP contribution in [0.15, 0.2) is 200 Å². The Bertz CT molecular complexity index is 3120. The molecule has 0 fully saturated rings. The van der Waals surface area contributed by atoms with Gasteiger partial charge < -0.3 is 4.57 Å². The molecule has 0 aliphatic heterocycles. The number of hydrogen-bond acceptors (Lipinski definition) is 3. The van der Waals surface area contributed by atoms with Crippen LogP contribution in [0.2, 0.25) is 0 Å². The molecule has 0 unspecified atom stereocenters. The van der Waals surface area contributed by atoms with Crippen molar-refractivity contribution in [3.8, 4) is 56.7 Å². The van der Waals surface area contributed by atoms with Crippen LogP contribution < -0.4 is 0 Å². The van der Waals surface area contributed by atoms with E-state index in [4.69, 9.17) is 15.0 Å². The van der Waals surface area contributed by atoms with E-state index in [0.29, 0.717) is 17.6 Å². The molecule has 0 amide bonds. The van der Waals surface area contributed by atoms with Gasteiger partial charge in [-0.25, -0.2) is 4.98 Å². The Morgan fingerprint density at radius 1 is 0.268 bits per heavy atom. The van der Waals surface area contributed by atoms with Crippen molar-refractivity contribution in [2.75, 3.05) is 0 Å². The van der Waals surface area contributed by atoms with Gasteiger partial charge in [0.15, 0.2) is 11.6 Å². The SMILES string of the molecule is c1ccc(-c2ccc(-c3ccc(-c4nc(-c5ccccc5-n5c6ccccc6c6ccccc65)nc(-n5c6ccccc6c6ccccc65)n4)cc3)cc2)cc1. The van der Waals surface area contributed by atoms with Crippen LogP contribution >= 0.6 is 0 Å². The Morgan fingerprint density at radius 2 is 0.643 bits per heavy atom. The lowest BCUT2D eigenvalue weighted by atomic mass is 9.99. The Kier molecular flexibility index (Phi) is 7.42. The maximum Gasteiger partial charge on any atom is 0.238 e. The lowest BCUT2D eigenvalue weighted by Crippen LogP contribution is -2.07. The monoisotopic (exact) mass is 715 g/mol. The minimum atomic E-state index is 0.569. The molecule has 262 valence electrons. The zero-order valence-electron chi connectivity index (χ0n) is 30.3. The first kappa shape index (κ1) is 31.9. The molecule has 56 heavy (non-hydrogen) atoms. The summed E-state index contributed by atoms with van der Waals surface area (Å²) in [7, 11) is 0. The van der Waals surface area contributed by atoms with Gasteiger partial charge in [-0.2, -0.15) is 9.97 Å². The molecule has 8 aromatic carbocycles. The van der Waals surface area contributed by atoms with Gasteiger partial charge in [0.25, 0.3) is 0 Å². The molecule has 0 saturated carbocycles. The van der Waals surface area contributed by atoms with E-state index < -0.39 is 0 Å². The highest BCUT2D eigenvalue weighted by Gasteiger charge is 2.21. The molecular formula is C51H33N5.